The van der Waals surface area contributed by atoms with Gasteiger partial charge in [-0.25, -0.2) is 9.67 Å². The van der Waals surface area contributed by atoms with E-state index in [2.05, 4.69) is 10.2 Å². The third kappa shape index (κ3) is 8.01. The number of halogens is 1. The molecule has 3 aromatic carbocycles. The minimum absolute atomic E-state index is 0.0368. The van der Waals surface area contributed by atoms with Crippen molar-refractivity contribution in [2.24, 2.45) is 5.92 Å². The quantitative estimate of drug-likeness (QED) is 0.117. The lowest BCUT2D eigenvalue weighted by Gasteiger charge is -2.35. The van der Waals surface area contributed by atoms with E-state index in [-0.39, 0.29) is 18.0 Å². The first-order valence-electron chi connectivity index (χ1n) is 18.7. The number of aliphatic carboxylic acids is 1. The van der Waals surface area contributed by atoms with E-state index in [0.717, 1.165) is 63.7 Å². The van der Waals surface area contributed by atoms with Crippen LogP contribution >= 0.6 is 11.6 Å². The number of rotatable bonds is 13. The van der Waals surface area contributed by atoms with Crippen molar-refractivity contribution >= 4 is 28.5 Å². The van der Waals surface area contributed by atoms with Crippen LogP contribution in [0.3, 0.4) is 0 Å². The predicted molar refractivity (Wildman–Crippen MR) is 211 cm³/mol. The lowest BCUT2D eigenvalue weighted by Crippen LogP contribution is -2.47. The highest BCUT2D eigenvalue weighted by molar-refractivity contribution is 6.36. The number of pyridine rings is 1. The van der Waals surface area contributed by atoms with Crippen LogP contribution in [0, 0.1) is 5.92 Å². The SMILES string of the molecule is COc1cc(-n2ncc3c(-c4cccc(-c5ccc(CNC6CCC(C(=O)O)CC6)c(OC)n5)c4Cl)cccc32)cc(OC)c1CN(C)[C@@H]1CCOC[C@@H]1O. The van der Waals surface area contributed by atoms with Gasteiger partial charge in [-0.15, -0.1) is 0 Å². The molecule has 0 spiro atoms. The molecule has 12 nitrogen and oxygen atoms in total. The van der Waals surface area contributed by atoms with Gasteiger partial charge in [-0.05, 0) is 56.8 Å². The van der Waals surface area contributed by atoms with Crippen molar-refractivity contribution in [3.8, 4) is 45.5 Å². The van der Waals surface area contributed by atoms with E-state index >= 15 is 0 Å². The third-order valence-electron chi connectivity index (χ3n) is 11.1. The number of aliphatic hydroxyl groups excluding tert-OH is 1. The van der Waals surface area contributed by atoms with Crippen molar-refractivity contribution in [1.82, 2.24) is 25.0 Å². The fourth-order valence-electron chi connectivity index (χ4n) is 8.00. The number of fused-ring (bicyclic) bond motifs is 1. The number of nitrogens with one attached hydrogen (secondary N) is 1. The van der Waals surface area contributed by atoms with Crippen LogP contribution in [0.25, 0.3) is 39.0 Å². The summed E-state index contributed by atoms with van der Waals surface area (Å²) in [7, 11) is 6.89. The lowest BCUT2D eigenvalue weighted by molar-refractivity contribution is -0.142. The minimum Gasteiger partial charge on any atom is -0.496 e. The maximum Gasteiger partial charge on any atom is 0.306 e. The molecule has 0 bridgehead atoms. The normalized spacial score (nSPS) is 20.1. The highest BCUT2D eigenvalue weighted by atomic mass is 35.5. The number of likely N-dealkylation sites (N-methyl/N-ethyl adjacent to an activating group) is 1. The van der Waals surface area contributed by atoms with Crippen LogP contribution in [0.4, 0.5) is 0 Å². The van der Waals surface area contributed by atoms with Crippen LogP contribution in [-0.2, 0) is 22.6 Å². The standard InChI is InChI=1S/C42H48ClN5O7/c1-47(36-17-18-55-24-37(36)49)23-33-38(52-2)19-28(20-39(33)53-3)48-35-10-6-7-29(32(35)22-45-48)30-8-5-9-31(40(30)43)34-16-13-26(41(46-34)54-4)21-44-27-14-11-25(12-15-27)42(50)51/h5-10,13,16,19-20,22,25,27,36-37,44,49H,11-12,14-15,17-18,21,23-24H2,1-4H3,(H,50,51)/t25?,27?,36-,37+/m1/s1. The Bertz CT molecular complexity index is 2130. The number of ether oxygens (including phenoxy) is 4. The van der Waals surface area contributed by atoms with Gasteiger partial charge in [-0.3, -0.25) is 9.69 Å². The van der Waals surface area contributed by atoms with Crippen molar-refractivity contribution < 1.29 is 34.0 Å². The molecule has 7 rings (SSSR count). The van der Waals surface area contributed by atoms with Crippen LogP contribution in [0.5, 0.6) is 17.4 Å². The first kappa shape index (κ1) is 38.6. The Hall–Kier alpha value is -4.72. The van der Waals surface area contributed by atoms with Gasteiger partial charge in [-0.1, -0.05) is 48.0 Å². The summed E-state index contributed by atoms with van der Waals surface area (Å²) >= 11 is 7.22. The maximum absolute atomic E-state index is 11.4. The van der Waals surface area contributed by atoms with Crippen molar-refractivity contribution in [2.75, 3.05) is 41.6 Å². The molecule has 2 fully saturated rings. The zero-order chi connectivity index (χ0) is 38.6. The fraction of sp³-hybridized carbons (Fsp3) is 0.405. The number of carbonyl (C=O) groups is 1. The van der Waals surface area contributed by atoms with Crippen molar-refractivity contribution in [3.63, 3.8) is 0 Å². The molecule has 13 heteroatoms. The van der Waals surface area contributed by atoms with E-state index in [1.807, 2.05) is 78.6 Å². The second-order valence-corrected chi connectivity index (χ2v) is 14.7. The molecule has 290 valence electrons. The van der Waals surface area contributed by atoms with Crippen LogP contribution in [0.15, 0.2) is 66.9 Å². The second kappa shape index (κ2) is 17.0. The Balaban J connectivity index is 1.15. The molecule has 2 aromatic heterocycles. The summed E-state index contributed by atoms with van der Waals surface area (Å²) in [6.07, 6.45) is 5.05. The number of nitrogens with zero attached hydrogens (tertiary/aromatic N) is 4. The third-order valence-corrected chi connectivity index (χ3v) is 11.5. The molecular formula is C42H48ClN5O7. The monoisotopic (exact) mass is 769 g/mol. The molecule has 5 aromatic rings. The molecule has 1 saturated carbocycles. The summed E-state index contributed by atoms with van der Waals surface area (Å²) in [4.78, 5) is 18.3. The largest absolute Gasteiger partial charge is 0.496 e. The molecule has 3 heterocycles. The first-order valence-corrected chi connectivity index (χ1v) is 19.1. The average molecular weight is 770 g/mol. The van der Waals surface area contributed by atoms with Crippen LogP contribution < -0.4 is 19.5 Å². The van der Waals surface area contributed by atoms with Gasteiger partial charge >= 0.3 is 5.97 Å². The Kier molecular flexibility index (Phi) is 11.9. The van der Waals surface area contributed by atoms with Gasteiger partial charge in [0.25, 0.3) is 0 Å². The molecule has 2 aliphatic rings. The molecular weight excluding hydrogens is 722 g/mol. The molecule has 55 heavy (non-hydrogen) atoms. The van der Waals surface area contributed by atoms with Gasteiger partial charge in [-0.2, -0.15) is 5.10 Å². The Morgan fingerprint density at radius 3 is 2.36 bits per heavy atom. The van der Waals surface area contributed by atoms with Gasteiger partial charge in [0.1, 0.15) is 11.5 Å². The second-order valence-electron chi connectivity index (χ2n) is 14.3. The molecule has 2 atom stereocenters. The molecule has 0 unspecified atom stereocenters. The zero-order valence-corrected chi connectivity index (χ0v) is 32.4. The Morgan fingerprint density at radius 1 is 0.964 bits per heavy atom. The van der Waals surface area contributed by atoms with Gasteiger partial charge < -0.3 is 34.5 Å². The van der Waals surface area contributed by atoms with Gasteiger partial charge in [0.15, 0.2) is 0 Å². The van der Waals surface area contributed by atoms with Crippen LogP contribution in [-0.4, -0.2) is 95.6 Å². The van der Waals surface area contributed by atoms with E-state index in [1.165, 1.54) is 0 Å². The number of methoxy groups -OCH3 is 3. The summed E-state index contributed by atoms with van der Waals surface area (Å²) in [5, 5.41) is 29.8. The fourth-order valence-corrected chi connectivity index (χ4v) is 8.32. The molecule has 1 aliphatic carbocycles. The minimum atomic E-state index is -0.702. The first-order chi connectivity index (χ1) is 26.7. The van der Waals surface area contributed by atoms with Crippen LogP contribution in [0.2, 0.25) is 5.02 Å². The van der Waals surface area contributed by atoms with Gasteiger partial charge in [0, 0.05) is 66.0 Å². The van der Waals surface area contributed by atoms with Crippen molar-refractivity contribution in [3.05, 3.63) is 83.0 Å². The van der Waals surface area contributed by atoms with E-state index in [1.54, 1.807) is 21.3 Å². The van der Waals surface area contributed by atoms with Crippen LogP contribution in [0.1, 0.15) is 43.2 Å². The van der Waals surface area contributed by atoms with Crippen molar-refractivity contribution in [2.45, 2.75) is 63.4 Å². The predicted octanol–water partition coefficient (Wildman–Crippen LogP) is 6.75. The molecule has 0 radical (unpaired) electrons. The number of carboxylic acid groups (broad SMARTS) is 1. The number of aliphatic hydroxyl groups is 1. The topological polar surface area (TPSA) is 140 Å². The lowest BCUT2D eigenvalue weighted by atomic mass is 9.86. The summed E-state index contributed by atoms with van der Waals surface area (Å²) in [6, 6.07) is 20.1. The summed E-state index contributed by atoms with van der Waals surface area (Å²) in [5.74, 6) is 0.877. The number of benzene rings is 3. The van der Waals surface area contributed by atoms with Crippen molar-refractivity contribution in [1.29, 1.82) is 0 Å². The summed E-state index contributed by atoms with van der Waals surface area (Å²) in [6.45, 7) is 2.02. The number of hydrogen-bond acceptors (Lipinski definition) is 10. The summed E-state index contributed by atoms with van der Waals surface area (Å²) < 4.78 is 24.8. The number of carboxylic acids is 1. The Labute approximate surface area is 325 Å². The van der Waals surface area contributed by atoms with E-state index in [0.29, 0.717) is 67.2 Å². The molecule has 1 saturated heterocycles. The highest BCUT2D eigenvalue weighted by Crippen LogP contribution is 2.41. The molecule has 1 aliphatic heterocycles. The number of aromatic nitrogens is 3. The average Bonchev–Trinajstić information content (AvgIpc) is 3.65. The molecule has 3 N–H and O–H groups in total. The van der Waals surface area contributed by atoms with Gasteiger partial charge in [0.2, 0.25) is 5.88 Å². The van der Waals surface area contributed by atoms with E-state index < -0.39 is 12.1 Å². The van der Waals surface area contributed by atoms with E-state index in [4.69, 9.17) is 40.6 Å². The van der Waals surface area contributed by atoms with E-state index in [9.17, 15) is 15.0 Å². The number of hydrogen-bond donors (Lipinski definition) is 3. The highest BCUT2D eigenvalue weighted by Gasteiger charge is 2.29. The maximum atomic E-state index is 11.4. The zero-order valence-electron chi connectivity index (χ0n) is 31.6. The smallest absolute Gasteiger partial charge is 0.306 e. The van der Waals surface area contributed by atoms with Gasteiger partial charge in [0.05, 0.1) is 73.6 Å². The Morgan fingerprint density at radius 2 is 1.67 bits per heavy atom. The summed E-state index contributed by atoms with van der Waals surface area (Å²) in [5.41, 5.74) is 6.69. The molecule has 0 amide bonds.